The Morgan fingerprint density at radius 2 is 2.00 bits per heavy atom. The first-order chi connectivity index (χ1) is 11.7. The molecule has 7 nitrogen and oxygen atoms in total. The molecule has 7 heteroatoms. The summed E-state index contributed by atoms with van der Waals surface area (Å²) in [5, 5.41) is 7.63. The van der Waals surface area contributed by atoms with Crippen LogP contribution >= 0.6 is 0 Å². The average molecular weight is 323 g/mol. The number of nitrogens with one attached hydrogen (secondary N) is 1. The fourth-order valence-corrected chi connectivity index (χ4v) is 3.29. The molecule has 0 aromatic carbocycles. The van der Waals surface area contributed by atoms with Crippen LogP contribution in [-0.4, -0.2) is 25.6 Å². The average Bonchev–Trinajstić information content (AvgIpc) is 3.00. The van der Waals surface area contributed by atoms with Gasteiger partial charge in [0.25, 0.3) is 0 Å². The first-order valence-corrected chi connectivity index (χ1v) is 8.28. The van der Waals surface area contributed by atoms with Crippen LogP contribution in [0.2, 0.25) is 0 Å². The molecule has 1 saturated carbocycles. The van der Waals surface area contributed by atoms with Crippen LogP contribution in [0, 0.1) is 0 Å². The van der Waals surface area contributed by atoms with Crippen LogP contribution in [0.3, 0.4) is 0 Å². The number of pyridine rings is 1. The van der Waals surface area contributed by atoms with Crippen molar-refractivity contribution in [2.45, 2.75) is 37.6 Å². The smallest absolute Gasteiger partial charge is 0.177 e. The zero-order valence-corrected chi connectivity index (χ0v) is 13.4. The Bertz CT molecular complexity index is 835. The molecule has 0 aliphatic heterocycles. The van der Waals surface area contributed by atoms with Gasteiger partial charge >= 0.3 is 0 Å². The number of hydrogen-bond donors (Lipinski definition) is 3. The predicted molar refractivity (Wildman–Crippen MR) is 94.1 cm³/mol. The largest absolute Gasteiger partial charge is 0.382 e. The maximum atomic E-state index is 6.01. The van der Waals surface area contributed by atoms with Crippen molar-refractivity contribution in [1.29, 1.82) is 0 Å². The van der Waals surface area contributed by atoms with Gasteiger partial charge < -0.3 is 16.8 Å². The molecule has 4 rings (SSSR count). The molecule has 3 aromatic rings. The molecule has 0 spiro atoms. The van der Waals surface area contributed by atoms with E-state index in [9.17, 15) is 0 Å². The second-order valence-corrected chi connectivity index (χ2v) is 6.37. The number of fused-ring (bicyclic) bond motifs is 1. The molecular weight excluding hydrogens is 302 g/mol. The molecule has 24 heavy (non-hydrogen) atoms. The van der Waals surface area contributed by atoms with E-state index in [1.165, 1.54) is 0 Å². The van der Waals surface area contributed by atoms with Crippen molar-refractivity contribution >= 4 is 23.0 Å². The number of rotatable bonds is 3. The van der Waals surface area contributed by atoms with Gasteiger partial charge in [-0.2, -0.15) is 0 Å². The van der Waals surface area contributed by atoms with E-state index in [2.05, 4.69) is 15.4 Å². The third kappa shape index (κ3) is 2.90. The Hall–Kier alpha value is -2.67. The summed E-state index contributed by atoms with van der Waals surface area (Å²) in [4.78, 5) is 9.10. The zero-order valence-electron chi connectivity index (χ0n) is 13.4. The number of hydrogen-bond acceptors (Lipinski definition) is 6. The summed E-state index contributed by atoms with van der Waals surface area (Å²) < 4.78 is 1.75. The molecule has 0 radical (unpaired) electrons. The number of anilines is 3. The van der Waals surface area contributed by atoms with Crippen LogP contribution in [0.1, 0.15) is 37.3 Å². The summed E-state index contributed by atoms with van der Waals surface area (Å²) in [6.07, 6.45) is 7.97. The monoisotopic (exact) mass is 323 g/mol. The van der Waals surface area contributed by atoms with E-state index in [0.717, 1.165) is 48.5 Å². The van der Waals surface area contributed by atoms with Gasteiger partial charge in [-0.3, -0.25) is 0 Å². The van der Waals surface area contributed by atoms with E-state index >= 15 is 0 Å². The third-order valence-electron chi connectivity index (χ3n) is 4.58. The Balaban J connectivity index is 1.69. The van der Waals surface area contributed by atoms with E-state index in [4.69, 9.17) is 16.5 Å². The molecule has 5 N–H and O–H groups in total. The van der Waals surface area contributed by atoms with Crippen molar-refractivity contribution in [3.8, 4) is 0 Å². The fraction of sp³-hybridized carbons (Fsp3) is 0.353. The summed E-state index contributed by atoms with van der Waals surface area (Å²) in [7, 11) is 0. The Morgan fingerprint density at radius 3 is 2.75 bits per heavy atom. The summed E-state index contributed by atoms with van der Waals surface area (Å²) in [5.74, 6) is 1.63. The highest BCUT2D eigenvalue weighted by Gasteiger charge is 2.23. The Morgan fingerprint density at radius 1 is 1.17 bits per heavy atom. The highest BCUT2D eigenvalue weighted by molar-refractivity contribution is 5.74. The molecular formula is C17H21N7. The van der Waals surface area contributed by atoms with Crippen molar-refractivity contribution < 1.29 is 0 Å². The summed E-state index contributed by atoms with van der Waals surface area (Å²) in [6, 6.07) is 7.83. The molecule has 124 valence electrons. The van der Waals surface area contributed by atoms with Crippen LogP contribution in [0.4, 0.5) is 17.3 Å². The van der Waals surface area contributed by atoms with Crippen LogP contribution < -0.4 is 16.8 Å². The Labute approximate surface area is 140 Å². The minimum atomic E-state index is 0.327. The molecule has 0 unspecified atom stereocenters. The molecule has 1 aliphatic carbocycles. The van der Waals surface area contributed by atoms with Crippen LogP contribution in [0.15, 0.2) is 36.7 Å². The summed E-state index contributed by atoms with van der Waals surface area (Å²) in [6.45, 7) is 0. The molecule has 1 aliphatic rings. The standard InChI is InChI=1S/C17H21N7/c18-12-6-4-11(5-7-12)14-10-24-17(22-14)13(9-15(19)23-24)21-16-3-1-2-8-20-16/h1-3,8-12H,4-7,18H2,(H2,19,23)(H,20,21)/t11-,12-. The normalized spacial score (nSPS) is 21.0. The van der Waals surface area contributed by atoms with Crippen LogP contribution in [0.25, 0.3) is 5.65 Å². The second-order valence-electron chi connectivity index (χ2n) is 6.37. The maximum Gasteiger partial charge on any atom is 0.177 e. The summed E-state index contributed by atoms with van der Waals surface area (Å²) >= 11 is 0. The van der Waals surface area contributed by atoms with Gasteiger partial charge in [0.15, 0.2) is 5.65 Å². The molecule has 0 bridgehead atoms. The van der Waals surface area contributed by atoms with Crippen LogP contribution in [-0.2, 0) is 0 Å². The van der Waals surface area contributed by atoms with Gasteiger partial charge in [0.1, 0.15) is 11.6 Å². The van der Waals surface area contributed by atoms with Crippen molar-refractivity contribution in [3.05, 3.63) is 42.4 Å². The van der Waals surface area contributed by atoms with E-state index in [0.29, 0.717) is 17.8 Å². The highest BCUT2D eigenvalue weighted by Crippen LogP contribution is 2.33. The van der Waals surface area contributed by atoms with E-state index < -0.39 is 0 Å². The van der Waals surface area contributed by atoms with Gasteiger partial charge in [0.2, 0.25) is 0 Å². The number of imidazole rings is 1. The van der Waals surface area contributed by atoms with Gasteiger partial charge in [0, 0.05) is 24.2 Å². The molecule has 0 atom stereocenters. The number of aromatic nitrogens is 4. The van der Waals surface area contributed by atoms with Gasteiger partial charge in [-0.1, -0.05) is 6.07 Å². The minimum Gasteiger partial charge on any atom is -0.382 e. The lowest BCUT2D eigenvalue weighted by Gasteiger charge is -2.24. The molecule has 0 amide bonds. The lowest BCUT2D eigenvalue weighted by Crippen LogP contribution is -2.25. The van der Waals surface area contributed by atoms with Gasteiger partial charge in [0.05, 0.1) is 17.6 Å². The molecule has 0 saturated heterocycles. The van der Waals surface area contributed by atoms with Gasteiger partial charge in [-0.05, 0) is 37.8 Å². The van der Waals surface area contributed by atoms with E-state index in [1.807, 2.05) is 24.4 Å². The fourth-order valence-electron chi connectivity index (χ4n) is 3.29. The van der Waals surface area contributed by atoms with Gasteiger partial charge in [-0.25, -0.2) is 14.5 Å². The second kappa shape index (κ2) is 6.09. The van der Waals surface area contributed by atoms with Gasteiger partial charge in [-0.15, -0.1) is 5.10 Å². The molecule has 3 heterocycles. The van der Waals surface area contributed by atoms with Crippen molar-refractivity contribution in [3.63, 3.8) is 0 Å². The predicted octanol–water partition coefficient (Wildman–Crippen LogP) is 2.44. The zero-order chi connectivity index (χ0) is 16.5. The number of nitrogen functional groups attached to an aromatic ring is 1. The SMILES string of the molecule is Nc1cc(Nc2ccccn2)c2nc([C@H]3CC[C@H](N)CC3)cn2n1. The number of nitrogens with zero attached hydrogens (tertiary/aromatic N) is 4. The maximum absolute atomic E-state index is 6.01. The minimum absolute atomic E-state index is 0.327. The first-order valence-electron chi connectivity index (χ1n) is 8.28. The van der Waals surface area contributed by atoms with Crippen molar-refractivity contribution in [2.24, 2.45) is 5.73 Å². The number of nitrogens with two attached hydrogens (primary N) is 2. The van der Waals surface area contributed by atoms with E-state index in [1.54, 1.807) is 16.8 Å². The quantitative estimate of drug-likeness (QED) is 0.683. The highest BCUT2D eigenvalue weighted by atomic mass is 15.3. The summed E-state index contributed by atoms with van der Waals surface area (Å²) in [5.41, 5.74) is 14.6. The van der Waals surface area contributed by atoms with Crippen LogP contribution in [0.5, 0.6) is 0 Å². The molecule has 3 aromatic heterocycles. The lowest BCUT2D eigenvalue weighted by atomic mass is 9.85. The molecule has 1 fully saturated rings. The van der Waals surface area contributed by atoms with Crippen molar-refractivity contribution in [1.82, 2.24) is 19.6 Å². The van der Waals surface area contributed by atoms with Crippen molar-refractivity contribution in [2.75, 3.05) is 11.1 Å². The lowest BCUT2D eigenvalue weighted by molar-refractivity contribution is 0.391. The van der Waals surface area contributed by atoms with E-state index in [-0.39, 0.29) is 0 Å². The topological polar surface area (TPSA) is 107 Å². The third-order valence-corrected chi connectivity index (χ3v) is 4.58. The first kappa shape index (κ1) is 14.9. The Kier molecular flexibility index (Phi) is 3.78.